The lowest BCUT2D eigenvalue weighted by Gasteiger charge is -2.32. The minimum atomic E-state index is 0.102. The van der Waals surface area contributed by atoms with E-state index in [-0.39, 0.29) is 5.91 Å². The third kappa shape index (κ3) is 3.48. The highest BCUT2D eigenvalue weighted by atomic mass is 16.2. The molecule has 22 heavy (non-hydrogen) atoms. The number of carbonyl (C=O) groups excluding carboxylic acids is 1. The Kier molecular flexibility index (Phi) is 4.42. The molecule has 0 radical (unpaired) electrons. The van der Waals surface area contributed by atoms with Gasteiger partial charge < -0.3 is 10.6 Å². The zero-order chi connectivity index (χ0) is 15.4. The molecule has 1 aliphatic heterocycles. The van der Waals surface area contributed by atoms with Gasteiger partial charge in [0, 0.05) is 24.3 Å². The van der Waals surface area contributed by atoms with Gasteiger partial charge in [-0.15, -0.1) is 0 Å². The average Bonchev–Trinajstić information content (AvgIpc) is 2.56. The number of anilines is 1. The first-order valence-corrected chi connectivity index (χ1v) is 7.91. The number of carbonyl (C=O) groups is 1. The molecule has 0 atom stereocenters. The number of hydrogen-bond donors (Lipinski definition) is 1. The predicted octanol–water partition coefficient (Wildman–Crippen LogP) is 3.36. The summed E-state index contributed by atoms with van der Waals surface area (Å²) in [5.74, 6) is 0.776. The minimum absolute atomic E-state index is 0.102. The van der Waals surface area contributed by atoms with Crippen LogP contribution >= 0.6 is 0 Å². The van der Waals surface area contributed by atoms with Crippen LogP contribution in [0.25, 0.3) is 0 Å². The minimum Gasteiger partial charge on any atom is -0.399 e. The molecule has 2 aromatic rings. The van der Waals surface area contributed by atoms with Gasteiger partial charge in [-0.05, 0) is 48.9 Å². The van der Waals surface area contributed by atoms with Crippen molar-refractivity contribution in [2.45, 2.75) is 19.3 Å². The van der Waals surface area contributed by atoms with Crippen LogP contribution < -0.4 is 5.73 Å². The van der Waals surface area contributed by atoms with E-state index in [1.54, 1.807) is 6.07 Å². The summed E-state index contributed by atoms with van der Waals surface area (Å²) in [5.41, 5.74) is 8.49. The van der Waals surface area contributed by atoms with Crippen LogP contribution in [-0.4, -0.2) is 23.9 Å². The fourth-order valence-electron chi connectivity index (χ4n) is 3.14. The Morgan fingerprint density at radius 3 is 2.45 bits per heavy atom. The van der Waals surface area contributed by atoms with Crippen LogP contribution in [0.2, 0.25) is 0 Å². The Hall–Kier alpha value is -2.29. The number of benzene rings is 2. The van der Waals surface area contributed by atoms with E-state index in [4.69, 9.17) is 5.73 Å². The molecule has 1 heterocycles. The van der Waals surface area contributed by atoms with Gasteiger partial charge in [0.1, 0.15) is 0 Å². The lowest BCUT2D eigenvalue weighted by Crippen LogP contribution is -2.38. The molecule has 1 amide bonds. The summed E-state index contributed by atoms with van der Waals surface area (Å²) < 4.78 is 0. The van der Waals surface area contributed by atoms with Crippen molar-refractivity contribution in [1.82, 2.24) is 4.90 Å². The maximum atomic E-state index is 12.5. The summed E-state index contributed by atoms with van der Waals surface area (Å²) in [6.07, 6.45) is 3.26. The second-order valence-corrected chi connectivity index (χ2v) is 6.05. The lowest BCUT2D eigenvalue weighted by molar-refractivity contribution is 0.0690. The van der Waals surface area contributed by atoms with Crippen molar-refractivity contribution in [3.63, 3.8) is 0 Å². The quantitative estimate of drug-likeness (QED) is 0.882. The molecule has 2 aromatic carbocycles. The molecular formula is C19H22N2O. The number of nitrogens with zero attached hydrogens (tertiary/aromatic N) is 1. The number of piperidine rings is 1. The van der Waals surface area contributed by atoms with Gasteiger partial charge in [-0.25, -0.2) is 0 Å². The SMILES string of the molecule is Nc1cccc(C(=O)N2CCC(Cc3ccccc3)CC2)c1. The molecule has 3 nitrogen and oxygen atoms in total. The highest BCUT2D eigenvalue weighted by molar-refractivity contribution is 5.95. The number of rotatable bonds is 3. The highest BCUT2D eigenvalue weighted by Gasteiger charge is 2.23. The Morgan fingerprint density at radius 2 is 1.77 bits per heavy atom. The van der Waals surface area contributed by atoms with E-state index in [0.29, 0.717) is 17.2 Å². The maximum Gasteiger partial charge on any atom is 0.253 e. The van der Waals surface area contributed by atoms with Gasteiger partial charge >= 0.3 is 0 Å². The van der Waals surface area contributed by atoms with Crippen LogP contribution in [0.3, 0.4) is 0 Å². The van der Waals surface area contributed by atoms with Crippen LogP contribution in [-0.2, 0) is 6.42 Å². The Balaban J connectivity index is 1.56. The van der Waals surface area contributed by atoms with Crippen molar-refractivity contribution >= 4 is 11.6 Å². The molecule has 0 saturated carbocycles. The van der Waals surface area contributed by atoms with Gasteiger partial charge in [0.15, 0.2) is 0 Å². The first-order chi connectivity index (χ1) is 10.7. The van der Waals surface area contributed by atoms with Gasteiger partial charge in [0.25, 0.3) is 5.91 Å². The number of nitrogen functional groups attached to an aromatic ring is 1. The smallest absolute Gasteiger partial charge is 0.253 e. The molecule has 0 unspecified atom stereocenters. The van der Waals surface area contributed by atoms with E-state index in [1.165, 1.54) is 5.56 Å². The van der Waals surface area contributed by atoms with Gasteiger partial charge in [0.05, 0.1) is 0 Å². The summed E-state index contributed by atoms with van der Waals surface area (Å²) in [6, 6.07) is 17.9. The highest BCUT2D eigenvalue weighted by Crippen LogP contribution is 2.23. The van der Waals surface area contributed by atoms with E-state index < -0.39 is 0 Å². The number of hydrogen-bond acceptors (Lipinski definition) is 2. The summed E-state index contributed by atoms with van der Waals surface area (Å²) in [6.45, 7) is 1.68. The lowest BCUT2D eigenvalue weighted by atomic mass is 9.90. The zero-order valence-electron chi connectivity index (χ0n) is 12.7. The van der Waals surface area contributed by atoms with Gasteiger partial charge in [0.2, 0.25) is 0 Å². The molecule has 1 aliphatic rings. The van der Waals surface area contributed by atoms with Gasteiger partial charge in [-0.1, -0.05) is 36.4 Å². The number of nitrogens with two attached hydrogens (primary N) is 1. The largest absolute Gasteiger partial charge is 0.399 e. The van der Waals surface area contributed by atoms with Crippen molar-refractivity contribution in [3.05, 3.63) is 65.7 Å². The van der Waals surface area contributed by atoms with Crippen LogP contribution in [0.5, 0.6) is 0 Å². The average molecular weight is 294 g/mol. The van der Waals surface area contributed by atoms with E-state index in [2.05, 4.69) is 30.3 Å². The van der Waals surface area contributed by atoms with E-state index >= 15 is 0 Å². The summed E-state index contributed by atoms with van der Waals surface area (Å²) in [5, 5.41) is 0. The summed E-state index contributed by atoms with van der Waals surface area (Å²) >= 11 is 0. The molecule has 3 rings (SSSR count). The van der Waals surface area contributed by atoms with Crippen molar-refractivity contribution in [2.24, 2.45) is 5.92 Å². The van der Waals surface area contributed by atoms with E-state index in [9.17, 15) is 4.79 Å². The van der Waals surface area contributed by atoms with Crippen LogP contribution in [0.15, 0.2) is 54.6 Å². The first kappa shape index (κ1) is 14.6. The van der Waals surface area contributed by atoms with Crippen molar-refractivity contribution in [2.75, 3.05) is 18.8 Å². The van der Waals surface area contributed by atoms with Crippen molar-refractivity contribution in [1.29, 1.82) is 0 Å². The predicted molar refractivity (Wildman–Crippen MR) is 89.6 cm³/mol. The molecule has 114 valence electrons. The standard InChI is InChI=1S/C19H22N2O/c20-18-8-4-7-17(14-18)19(22)21-11-9-16(10-12-21)13-15-5-2-1-3-6-15/h1-8,14,16H,9-13,20H2. The molecule has 1 fully saturated rings. The normalized spacial score (nSPS) is 15.7. The summed E-state index contributed by atoms with van der Waals surface area (Å²) in [4.78, 5) is 14.4. The second kappa shape index (κ2) is 6.65. The van der Waals surface area contributed by atoms with Crippen LogP contribution in [0, 0.1) is 5.92 Å². The van der Waals surface area contributed by atoms with Gasteiger partial charge in [-0.2, -0.15) is 0 Å². The molecular weight excluding hydrogens is 272 g/mol. The Labute approximate surface area is 131 Å². The zero-order valence-corrected chi connectivity index (χ0v) is 12.7. The Bertz CT molecular complexity index is 631. The molecule has 0 aromatic heterocycles. The Morgan fingerprint density at radius 1 is 1.05 bits per heavy atom. The van der Waals surface area contributed by atoms with Crippen LogP contribution in [0.1, 0.15) is 28.8 Å². The topological polar surface area (TPSA) is 46.3 Å². The monoisotopic (exact) mass is 294 g/mol. The van der Waals surface area contributed by atoms with Crippen LogP contribution in [0.4, 0.5) is 5.69 Å². The maximum absolute atomic E-state index is 12.5. The van der Waals surface area contributed by atoms with Crippen molar-refractivity contribution in [3.8, 4) is 0 Å². The molecule has 2 N–H and O–H groups in total. The third-order valence-corrected chi connectivity index (χ3v) is 4.40. The molecule has 0 aliphatic carbocycles. The van der Waals surface area contributed by atoms with Crippen molar-refractivity contribution < 1.29 is 4.79 Å². The third-order valence-electron chi connectivity index (χ3n) is 4.40. The second-order valence-electron chi connectivity index (χ2n) is 6.05. The molecule has 0 bridgehead atoms. The number of amides is 1. The number of likely N-dealkylation sites (tertiary alicyclic amines) is 1. The summed E-state index contributed by atoms with van der Waals surface area (Å²) in [7, 11) is 0. The van der Waals surface area contributed by atoms with E-state index in [0.717, 1.165) is 32.4 Å². The fraction of sp³-hybridized carbons (Fsp3) is 0.316. The molecule has 1 saturated heterocycles. The molecule has 0 spiro atoms. The van der Waals surface area contributed by atoms with E-state index in [1.807, 2.05) is 23.1 Å². The van der Waals surface area contributed by atoms with Gasteiger partial charge in [-0.3, -0.25) is 4.79 Å². The fourth-order valence-corrected chi connectivity index (χ4v) is 3.14. The molecule has 3 heteroatoms. The first-order valence-electron chi connectivity index (χ1n) is 7.91.